The summed E-state index contributed by atoms with van der Waals surface area (Å²) in [5.74, 6) is 1.39. The van der Waals surface area contributed by atoms with Gasteiger partial charge < -0.3 is 4.90 Å². The molecule has 0 spiro atoms. The zero-order valence-corrected chi connectivity index (χ0v) is 10.2. The van der Waals surface area contributed by atoms with E-state index in [1.54, 1.807) is 16.9 Å². The molecule has 7 heteroatoms. The van der Waals surface area contributed by atoms with Gasteiger partial charge in [0.1, 0.15) is 0 Å². The van der Waals surface area contributed by atoms with Crippen molar-refractivity contribution in [2.45, 2.75) is 18.7 Å². The van der Waals surface area contributed by atoms with Crippen molar-refractivity contribution in [3.63, 3.8) is 0 Å². The molecule has 2 atom stereocenters. The highest BCUT2D eigenvalue weighted by atomic mass is 35.5. The van der Waals surface area contributed by atoms with Gasteiger partial charge in [-0.2, -0.15) is 4.52 Å². The Morgan fingerprint density at radius 3 is 3.12 bits per heavy atom. The topological polar surface area (TPSA) is 59.2 Å². The molecule has 90 valence electrons. The van der Waals surface area contributed by atoms with Gasteiger partial charge in [0.05, 0.1) is 12.4 Å². The van der Waals surface area contributed by atoms with E-state index in [0.29, 0.717) is 11.6 Å². The lowest BCUT2D eigenvalue weighted by Crippen LogP contribution is -2.40. The van der Waals surface area contributed by atoms with E-state index in [0.717, 1.165) is 25.3 Å². The zero-order chi connectivity index (χ0) is 11.8. The van der Waals surface area contributed by atoms with Crippen molar-refractivity contribution in [1.82, 2.24) is 25.0 Å². The second kappa shape index (κ2) is 4.10. The molecule has 1 fully saturated rings. The fourth-order valence-electron chi connectivity index (χ4n) is 2.20. The van der Waals surface area contributed by atoms with E-state index in [1.807, 2.05) is 0 Å². The number of fused-ring (bicyclic) bond motifs is 1. The first-order chi connectivity index (χ1) is 8.25. The molecule has 0 bridgehead atoms. The number of alkyl halides is 1. The predicted molar refractivity (Wildman–Crippen MR) is 64.2 cm³/mol. The Hall–Kier alpha value is -1.43. The first-order valence-corrected chi connectivity index (χ1v) is 6.10. The highest BCUT2D eigenvalue weighted by Crippen LogP contribution is 2.25. The predicted octanol–water partition coefficient (Wildman–Crippen LogP) is 0.973. The Labute approximate surface area is 104 Å². The van der Waals surface area contributed by atoms with Gasteiger partial charge in [-0.25, -0.2) is 0 Å². The van der Waals surface area contributed by atoms with Crippen LogP contribution in [0.3, 0.4) is 0 Å². The zero-order valence-electron chi connectivity index (χ0n) is 9.49. The number of halogens is 1. The second-order valence-electron chi connectivity index (χ2n) is 4.44. The van der Waals surface area contributed by atoms with Crippen molar-refractivity contribution in [3.8, 4) is 0 Å². The third kappa shape index (κ3) is 1.82. The molecule has 17 heavy (non-hydrogen) atoms. The molecule has 6 nitrogen and oxygen atoms in total. The molecule has 2 aromatic heterocycles. The standard InChI is InChI=1S/C10H13ClN6/c1-7-6-16(3-2-8(7)11)10-5-12-4-9-13-14-15-17(9)10/h4-5,7-8H,2-3,6H2,1H3. The van der Waals surface area contributed by atoms with E-state index in [-0.39, 0.29) is 5.38 Å². The van der Waals surface area contributed by atoms with Crippen LogP contribution in [-0.4, -0.2) is 43.5 Å². The molecule has 0 N–H and O–H groups in total. The van der Waals surface area contributed by atoms with Crippen LogP contribution in [0.25, 0.3) is 5.65 Å². The minimum Gasteiger partial charge on any atom is -0.355 e. The summed E-state index contributed by atoms with van der Waals surface area (Å²) in [6.07, 6.45) is 4.42. The van der Waals surface area contributed by atoms with Crippen LogP contribution in [0.1, 0.15) is 13.3 Å². The third-order valence-electron chi connectivity index (χ3n) is 3.22. The SMILES string of the molecule is CC1CN(c2cncc3nnnn23)CCC1Cl. The quantitative estimate of drug-likeness (QED) is 0.708. The van der Waals surface area contributed by atoms with Crippen molar-refractivity contribution in [3.05, 3.63) is 12.4 Å². The Bertz CT molecular complexity index is 526. The smallest absolute Gasteiger partial charge is 0.199 e. The van der Waals surface area contributed by atoms with Crippen molar-refractivity contribution in [2.24, 2.45) is 5.92 Å². The van der Waals surface area contributed by atoms with E-state index in [9.17, 15) is 0 Å². The Kier molecular flexibility index (Phi) is 2.58. The molecule has 1 aliphatic heterocycles. The van der Waals surface area contributed by atoms with Gasteiger partial charge in [0.2, 0.25) is 0 Å². The van der Waals surface area contributed by atoms with E-state index in [1.165, 1.54) is 0 Å². The lowest BCUT2D eigenvalue weighted by molar-refractivity contribution is 0.449. The summed E-state index contributed by atoms with van der Waals surface area (Å²) >= 11 is 6.23. The normalized spacial score (nSPS) is 25.4. The average Bonchev–Trinajstić information content (AvgIpc) is 2.80. The van der Waals surface area contributed by atoms with Crippen LogP contribution in [-0.2, 0) is 0 Å². The first-order valence-electron chi connectivity index (χ1n) is 5.67. The number of anilines is 1. The van der Waals surface area contributed by atoms with Gasteiger partial charge in [-0.05, 0) is 22.8 Å². The third-order valence-corrected chi connectivity index (χ3v) is 3.86. The molecule has 3 rings (SSSR count). The highest BCUT2D eigenvalue weighted by Gasteiger charge is 2.26. The van der Waals surface area contributed by atoms with Gasteiger partial charge >= 0.3 is 0 Å². The number of nitrogens with zero attached hydrogens (tertiary/aromatic N) is 6. The van der Waals surface area contributed by atoms with E-state index in [4.69, 9.17) is 11.6 Å². The minimum absolute atomic E-state index is 0.257. The minimum atomic E-state index is 0.257. The van der Waals surface area contributed by atoms with E-state index >= 15 is 0 Å². The summed E-state index contributed by atoms with van der Waals surface area (Å²) in [6, 6.07) is 0. The monoisotopic (exact) mass is 252 g/mol. The first kappa shape index (κ1) is 10.7. The largest absolute Gasteiger partial charge is 0.355 e. The summed E-state index contributed by atoms with van der Waals surface area (Å²) in [7, 11) is 0. The number of tetrazole rings is 1. The van der Waals surface area contributed by atoms with Crippen LogP contribution in [0.5, 0.6) is 0 Å². The number of hydrogen-bond donors (Lipinski definition) is 0. The number of hydrogen-bond acceptors (Lipinski definition) is 5. The maximum Gasteiger partial charge on any atom is 0.199 e. The van der Waals surface area contributed by atoms with E-state index < -0.39 is 0 Å². The number of piperidine rings is 1. The van der Waals surface area contributed by atoms with Crippen molar-refractivity contribution in [2.75, 3.05) is 18.0 Å². The average molecular weight is 253 g/mol. The number of rotatable bonds is 1. The number of aromatic nitrogens is 5. The molecule has 2 aromatic rings. The van der Waals surface area contributed by atoms with Gasteiger partial charge in [0.15, 0.2) is 11.5 Å². The second-order valence-corrected chi connectivity index (χ2v) is 5.00. The summed E-state index contributed by atoms with van der Waals surface area (Å²) in [6.45, 7) is 3.99. The fourth-order valence-corrected chi connectivity index (χ4v) is 2.38. The molecule has 0 saturated carbocycles. The van der Waals surface area contributed by atoms with Gasteiger partial charge in [-0.3, -0.25) is 4.98 Å². The van der Waals surface area contributed by atoms with Crippen LogP contribution in [0.4, 0.5) is 5.82 Å². The summed E-state index contributed by atoms with van der Waals surface area (Å²) in [5.41, 5.74) is 0.670. The summed E-state index contributed by atoms with van der Waals surface area (Å²) < 4.78 is 1.72. The van der Waals surface area contributed by atoms with Crippen LogP contribution in [0.2, 0.25) is 0 Å². The van der Waals surface area contributed by atoms with Crippen LogP contribution in [0, 0.1) is 5.92 Å². The van der Waals surface area contributed by atoms with E-state index in [2.05, 4.69) is 32.3 Å². The molecular weight excluding hydrogens is 240 g/mol. The van der Waals surface area contributed by atoms with Crippen molar-refractivity contribution in [1.29, 1.82) is 0 Å². The lowest BCUT2D eigenvalue weighted by Gasteiger charge is -2.35. The Balaban J connectivity index is 1.96. The van der Waals surface area contributed by atoms with Gasteiger partial charge in [0.25, 0.3) is 0 Å². The van der Waals surface area contributed by atoms with Gasteiger partial charge in [-0.1, -0.05) is 6.92 Å². The van der Waals surface area contributed by atoms with Gasteiger partial charge in [0, 0.05) is 18.5 Å². The molecular formula is C10H13ClN6. The summed E-state index contributed by atoms with van der Waals surface area (Å²) in [4.78, 5) is 6.40. The van der Waals surface area contributed by atoms with Crippen molar-refractivity contribution >= 4 is 23.1 Å². The van der Waals surface area contributed by atoms with Crippen LogP contribution in [0.15, 0.2) is 12.4 Å². The Morgan fingerprint density at radius 2 is 2.29 bits per heavy atom. The van der Waals surface area contributed by atoms with Crippen molar-refractivity contribution < 1.29 is 0 Å². The maximum atomic E-state index is 6.23. The van der Waals surface area contributed by atoms with Gasteiger partial charge in [-0.15, -0.1) is 16.7 Å². The molecule has 0 aromatic carbocycles. The molecule has 2 unspecified atom stereocenters. The maximum absolute atomic E-state index is 6.23. The van der Waals surface area contributed by atoms with Crippen LogP contribution < -0.4 is 4.90 Å². The molecule has 1 saturated heterocycles. The molecule has 0 amide bonds. The molecule has 1 aliphatic rings. The fraction of sp³-hybridized carbons (Fsp3) is 0.600. The molecule has 0 aliphatic carbocycles. The van der Waals surface area contributed by atoms with Crippen LogP contribution >= 0.6 is 11.6 Å². The molecule has 3 heterocycles. The lowest BCUT2D eigenvalue weighted by atomic mass is 10.00. The summed E-state index contributed by atoms with van der Waals surface area (Å²) in [5, 5.41) is 11.8. The highest BCUT2D eigenvalue weighted by molar-refractivity contribution is 6.20. The Morgan fingerprint density at radius 1 is 1.41 bits per heavy atom. The molecule has 0 radical (unpaired) electrons.